The van der Waals surface area contributed by atoms with Gasteiger partial charge in [-0.25, -0.2) is 0 Å². The maximum absolute atomic E-state index is 2.47. The second-order valence-electron chi connectivity index (χ2n) is 5.20. The van der Waals surface area contributed by atoms with Crippen LogP contribution in [0.5, 0.6) is 0 Å². The highest BCUT2D eigenvalue weighted by Gasteiger charge is 2.40. The van der Waals surface area contributed by atoms with E-state index in [1.165, 1.54) is 19.3 Å². The van der Waals surface area contributed by atoms with E-state index in [1.807, 2.05) is 0 Å². The minimum Gasteiger partial charge on any atom is -0.0651 e. The molecule has 0 saturated heterocycles. The van der Waals surface area contributed by atoms with Gasteiger partial charge in [0.1, 0.15) is 0 Å². The highest BCUT2D eigenvalue weighted by atomic mass is 14.5. The summed E-state index contributed by atoms with van der Waals surface area (Å²) in [4.78, 5) is 0. The Morgan fingerprint density at radius 2 is 1.85 bits per heavy atom. The van der Waals surface area contributed by atoms with Crippen LogP contribution in [0, 0.1) is 29.6 Å². The molecule has 0 bridgehead atoms. The zero-order valence-corrected chi connectivity index (χ0v) is 10.0. The molecule has 0 N–H and O–H groups in total. The average Bonchev–Trinajstić information content (AvgIpc) is 2.12. The van der Waals surface area contributed by atoms with Crippen molar-refractivity contribution in [3.63, 3.8) is 0 Å². The van der Waals surface area contributed by atoms with Gasteiger partial charge in [-0.3, -0.25) is 0 Å². The van der Waals surface area contributed by atoms with Crippen LogP contribution in [0.2, 0.25) is 0 Å². The van der Waals surface area contributed by atoms with Gasteiger partial charge in [0.05, 0.1) is 0 Å². The molecule has 1 aliphatic rings. The monoisotopic (exact) mass is 182 g/mol. The molecule has 0 aromatic carbocycles. The first-order chi connectivity index (χ1) is 6.11. The number of hydrogen-bond acceptors (Lipinski definition) is 0. The zero-order chi connectivity index (χ0) is 10.0. The SMILES string of the molecule is CCC(C)C(C)C1C(C)CC1CC. The molecule has 5 unspecified atom stereocenters. The molecule has 0 heterocycles. The second kappa shape index (κ2) is 4.48. The van der Waals surface area contributed by atoms with Gasteiger partial charge in [0.25, 0.3) is 0 Å². The third-order valence-electron chi connectivity index (χ3n) is 4.55. The van der Waals surface area contributed by atoms with Crippen LogP contribution < -0.4 is 0 Å². The molecule has 0 spiro atoms. The van der Waals surface area contributed by atoms with Crippen molar-refractivity contribution >= 4 is 0 Å². The Morgan fingerprint density at radius 3 is 2.23 bits per heavy atom. The van der Waals surface area contributed by atoms with Crippen molar-refractivity contribution in [2.45, 2.75) is 53.9 Å². The summed E-state index contributed by atoms with van der Waals surface area (Å²) in [7, 11) is 0. The molecule has 0 aromatic rings. The lowest BCUT2D eigenvalue weighted by molar-refractivity contribution is 0.0117. The number of hydrogen-bond donors (Lipinski definition) is 0. The highest BCUT2D eigenvalue weighted by Crippen LogP contribution is 2.48. The van der Waals surface area contributed by atoms with Crippen LogP contribution in [-0.2, 0) is 0 Å². The summed E-state index contributed by atoms with van der Waals surface area (Å²) in [6.07, 6.45) is 4.23. The van der Waals surface area contributed by atoms with Crippen LogP contribution >= 0.6 is 0 Å². The van der Waals surface area contributed by atoms with Crippen LogP contribution in [0.15, 0.2) is 0 Å². The molecule has 1 aliphatic carbocycles. The van der Waals surface area contributed by atoms with Crippen LogP contribution in [0.4, 0.5) is 0 Å². The maximum atomic E-state index is 2.47. The van der Waals surface area contributed by atoms with Crippen molar-refractivity contribution in [2.75, 3.05) is 0 Å². The maximum Gasteiger partial charge on any atom is -0.0332 e. The van der Waals surface area contributed by atoms with Crippen molar-refractivity contribution < 1.29 is 0 Å². The quantitative estimate of drug-likeness (QED) is 0.606. The van der Waals surface area contributed by atoms with Crippen molar-refractivity contribution in [2.24, 2.45) is 29.6 Å². The lowest BCUT2D eigenvalue weighted by Gasteiger charge is -2.48. The zero-order valence-electron chi connectivity index (χ0n) is 10.0. The Bertz CT molecular complexity index is 150. The third-order valence-corrected chi connectivity index (χ3v) is 4.55. The van der Waals surface area contributed by atoms with E-state index in [0.717, 1.165) is 29.6 Å². The predicted molar refractivity (Wildman–Crippen MR) is 59.7 cm³/mol. The molecule has 1 saturated carbocycles. The van der Waals surface area contributed by atoms with Crippen LogP contribution in [0.1, 0.15) is 53.9 Å². The molecular weight excluding hydrogens is 156 g/mol. The molecule has 1 fully saturated rings. The molecule has 78 valence electrons. The summed E-state index contributed by atoms with van der Waals surface area (Å²) in [5.74, 6) is 4.92. The second-order valence-corrected chi connectivity index (χ2v) is 5.20. The Hall–Kier alpha value is 0. The predicted octanol–water partition coefficient (Wildman–Crippen LogP) is 4.35. The molecule has 0 heteroatoms. The molecule has 0 amide bonds. The van der Waals surface area contributed by atoms with E-state index < -0.39 is 0 Å². The summed E-state index contributed by atoms with van der Waals surface area (Å²) < 4.78 is 0. The van der Waals surface area contributed by atoms with E-state index in [0.29, 0.717) is 0 Å². The minimum absolute atomic E-state index is 0.918. The molecule has 13 heavy (non-hydrogen) atoms. The van der Waals surface area contributed by atoms with Crippen LogP contribution in [-0.4, -0.2) is 0 Å². The molecule has 1 rings (SSSR count). The Kier molecular flexibility index (Phi) is 3.82. The molecule has 0 nitrogen and oxygen atoms in total. The summed E-state index contributed by atoms with van der Waals surface area (Å²) in [6.45, 7) is 12.0. The van der Waals surface area contributed by atoms with Crippen molar-refractivity contribution in [3.05, 3.63) is 0 Å². The Labute approximate surface area is 84.1 Å². The van der Waals surface area contributed by atoms with Gasteiger partial charge in [0, 0.05) is 0 Å². The van der Waals surface area contributed by atoms with Gasteiger partial charge in [-0.15, -0.1) is 0 Å². The van der Waals surface area contributed by atoms with Gasteiger partial charge in [-0.05, 0) is 36.0 Å². The first-order valence-corrected chi connectivity index (χ1v) is 6.11. The molecule has 0 radical (unpaired) electrons. The van der Waals surface area contributed by atoms with Crippen LogP contribution in [0.3, 0.4) is 0 Å². The molecule has 5 atom stereocenters. The number of rotatable bonds is 4. The molecule has 0 aromatic heterocycles. The van der Waals surface area contributed by atoms with E-state index in [-0.39, 0.29) is 0 Å². The van der Waals surface area contributed by atoms with Gasteiger partial charge in [-0.1, -0.05) is 47.5 Å². The topological polar surface area (TPSA) is 0 Å². The van der Waals surface area contributed by atoms with Crippen molar-refractivity contribution in [3.8, 4) is 0 Å². The minimum atomic E-state index is 0.918. The lowest BCUT2D eigenvalue weighted by atomic mass is 9.57. The smallest absolute Gasteiger partial charge is 0.0332 e. The van der Waals surface area contributed by atoms with Gasteiger partial charge in [0.2, 0.25) is 0 Å². The largest absolute Gasteiger partial charge is 0.0651 e. The van der Waals surface area contributed by atoms with E-state index in [1.54, 1.807) is 0 Å². The molecular formula is C13H26. The molecule has 0 aliphatic heterocycles. The van der Waals surface area contributed by atoms with E-state index >= 15 is 0 Å². The van der Waals surface area contributed by atoms with E-state index in [4.69, 9.17) is 0 Å². The summed E-state index contributed by atoms with van der Waals surface area (Å²) >= 11 is 0. The first kappa shape index (κ1) is 11.1. The summed E-state index contributed by atoms with van der Waals surface area (Å²) in [6, 6.07) is 0. The fourth-order valence-corrected chi connectivity index (χ4v) is 3.20. The normalized spacial score (nSPS) is 38.1. The summed E-state index contributed by atoms with van der Waals surface area (Å²) in [5.41, 5.74) is 0. The third kappa shape index (κ3) is 2.08. The Balaban J connectivity index is 2.49. The standard InChI is InChI=1S/C13H26/c1-6-9(3)11(5)13-10(4)8-12(13)7-2/h9-13H,6-8H2,1-5H3. The summed E-state index contributed by atoms with van der Waals surface area (Å²) in [5, 5.41) is 0. The Morgan fingerprint density at radius 1 is 1.23 bits per heavy atom. The van der Waals surface area contributed by atoms with Crippen LogP contribution in [0.25, 0.3) is 0 Å². The van der Waals surface area contributed by atoms with Gasteiger partial charge < -0.3 is 0 Å². The fourth-order valence-electron chi connectivity index (χ4n) is 3.20. The lowest BCUT2D eigenvalue weighted by Crippen LogP contribution is -2.40. The van der Waals surface area contributed by atoms with Crippen molar-refractivity contribution in [1.82, 2.24) is 0 Å². The van der Waals surface area contributed by atoms with Crippen molar-refractivity contribution in [1.29, 1.82) is 0 Å². The first-order valence-electron chi connectivity index (χ1n) is 6.11. The fraction of sp³-hybridized carbons (Fsp3) is 1.00. The highest BCUT2D eigenvalue weighted by molar-refractivity contribution is 4.90. The average molecular weight is 182 g/mol. The van der Waals surface area contributed by atoms with Gasteiger partial charge in [-0.2, -0.15) is 0 Å². The van der Waals surface area contributed by atoms with Gasteiger partial charge in [0.15, 0.2) is 0 Å². The van der Waals surface area contributed by atoms with Gasteiger partial charge >= 0.3 is 0 Å². The van der Waals surface area contributed by atoms with E-state index in [2.05, 4.69) is 34.6 Å². The van der Waals surface area contributed by atoms with E-state index in [9.17, 15) is 0 Å².